The Hall–Kier alpha value is -3.69. The van der Waals surface area contributed by atoms with Crippen LogP contribution in [0.2, 0.25) is 0 Å². The summed E-state index contributed by atoms with van der Waals surface area (Å²) in [4.78, 5) is 8.43. The number of H-pyrrole nitrogens is 1. The van der Waals surface area contributed by atoms with E-state index in [1.165, 1.54) is 16.2 Å². The zero-order chi connectivity index (χ0) is 19.4. The second-order valence-corrected chi connectivity index (χ2v) is 7.40. The lowest BCUT2D eigenvalue weighted by molar-refractivity contribution is 0.277. The third kappa shape index (κ3) is 2.38. The number of para-hydroxylation sites is 1. The van der Waals surface area contributed by atoms with Crippen LogP contribution in [-0.2, 0) is 6.61 Å². The summed E-state index contributed by atoms with van der Waals surface area (Å²) in [7, 11) is 0. The summed E-state index contributed by atoms with van der Waals surface area (Å²) in [5, 5.41) is 16.9. The third-order valence-corrected chi connectivity index (χ3v) is 5.73. The Balaban J connectivity index is 1.81. The maximum absolute atomic E-state index is 9.89. The average Bonchev–Trinajstić information content (AvgIpc) is 3.16. The number of aromatic nitrogens is 2. The first kappa shape index (κ1) is 16.3. The van der Waals surface area contributed by atoms with Gasteiger partial charge in [0.05, 0.1) is 23.5 Å². The molecule has 2 heterocycles. The molecule has 0 aliphatic heterocycles. The van der Waals surface area contributed by atoms with E-state index in [4.69, 9.17) is 4.98 Å². The zero-order valence-corrected chi connectivity index (χ0v) is 15.7. The summed E-state index contributed by atoms with van der Waals surface area (Å²) in [5.74, 6) is 0. The molecule has 29 heavy (non-hydrogen) atoms. The van der Waals surface area contributed by atoms with Crippen LogP contribution < -0.4 is 0 Å². The summed E-state index contributed by atoms with van der Waals surface area (Å²) in [6.07, 6.45) is 0. The maximum Gasteiger partial charge on any atom is 0.0953 e. The molecular weight excluding hydrogens is 356 g/mol. The molecule has 0 amide bonds. The third-order valence-electron chi connectivity index (χ3n) is 5.73. The van der Waals surface area contributed by atoms with E-state index in [2.05, 4.69) is 71.7 Å². The topological polar surface area (TPSA) is 48.9 Å². The fourth-order valence-electron chi connectivity index (χ4n) is 4.42. The summed E-state index contributed by atoms with van der Waals surface area (Å²) >= 11 is 0. The van der Waals surface area contributed by atoms with Gasteiger partial charge in [-0.2, -0.15) is 0 Å². The summed E-state index contributed by atoms with van der Waals surface area (Å²) in [6.45, 7) is -0.0893. The minimum atomic E-state index is -0.0893. The highest BCUT2D eigenvalue weighted by Crippen LogP contribution is 2.38. The Kier molecular flexibility index (Phi) is 3.46. The number of pyridine rings is 1. The number of aromatic amines is 1. The van der Waals surface area contributed by atoms with Gasteiger partial charge in [0.25, 0.3) is 0 Å². The molecular formula is C26H18N2O. The number of fused-ring (bicyclic) bond motifs is 6. The van der Waals surface area contributed by atoms with Crippen LogP contribution >= 0.6 is 0 Å². The summed E-state index contributed by atoms with van der Waals surface area (Å²) in [6, 6.07) is 29.4. The van der Waals surface area contributed by atoms with Gasteiger partial charge in [-0.05, 0) is 39.7 Å². The second-order valence-electron chi connectivity index (χ2n) is 7.40. The molecule has 0 fully saturated rings. The molecule has 0 saturated carbocycles. The molecule has 3 heteroatoms. The van der Waals surface area contributed by atoms with Crippen molar-refractivity contribution in [2.75, 3.05) is 0 Å². The Morgan fingerprint density at radius 2 is 1.38 bits per heavy atom. The molecule has 0 bridgehead atoms. The molecule has 4 aromatic carbocycles. The SMILES string of the molecule is OCc1cc2c([nH]c3ccccc32)c(-c2cc3ccccc3c3ccccc23)n1. The summed E-state index contributed by atoms with van der Waals surface area (Å²) < 4.78 is 0. The number of aliphatic hydroxyl groups excluding tert-OH is 1. The predicted octanol–water partition coefficient (Wildman–Crippen LogP) is 6.18. The lowest BCUT2D eigenvalue weighted by Crippen LogP contribution is -1.95. The smallest absolute Gasteiger partial charge is 0.0953 e. The highest BCUT2D eigenvalue weighted by molar-refractivity contribution is 6.17. The molecule has 2 aromatic heterocycles. The molecule has 0 atom stereocenters. The van der Waals surface area contributed by atoms with Crippen LogP contribution in [0, 0.1) is 0 Å². The largest absolute Gasteiger partial charge is 0.390 e. The van der Waals surface area contributed by atoms with Crippen molar-refractivity contribution >= 4 is 43.4 Å². The van der Waals surface area contributed by atoms with Crippen molar-refractivity contribution in [3.8, 4) is 11.3 Å². The Bertz CT molecular complexity index is 1550. The highest BCUT2D eigenvalue weighted by Gasteiger charge is 2.16. The van der Waals surface area contributed by atoms with E-state index in [0.717, 1.165) is 38.4 Å². The number of aliphatic hydroxyl groups is 1. The molecule has 0 aliphatic rings. The molecule has 6 aromatic rings. The van der Waals surface area contributed by atoms with Crippen molar-refractivity contribution in [1.82, 2.24) is 9.97 Å². The molecule has 138 valence electrons. The number of benzene rings is 4. The van der Waals surface area contributed by atoms with E-state index in [9.17, 15) is 5.11 Å². The fraction of sp³-hybridized carbons (Fsp3) is 0.0385. The van der Waals surface area contributed by atoms with Crippen molar-refractivity contribution < 1.29 is 5.11 Å². The average molecular weight is 374 g/mol. The number of hydrogen-bond donors (Lipinski definition) is 2. The summed E-state index contributed by atoms with van der Waals surface area (Å²) in [5.41, 5.74) is 4.71. The molecule has 0 unspecified atom stereocenters. The van der Waals surface area contributed by atoms with Crippen molar-refractivity contribution in [1.29, 1.82) is 0 Å². The van der Waals surface area contributed by atoms with Crippen molar-refractivity contribution in [3.05, 3.63) is 90.6 Å². The van der Waals surface area contributed by atoms with Gasteiger partial charge in [0, 0.05) is 21.9 Å². The number of rotatable bonds is 2. The van der Waals surface area contributed by atoms with Crippen molar-refractivity contribution in [2.45, 2.75) is 6.61 Å². The van der Waals surface area contributed by atoms with E-state index < -0.39 is 0 Å². The van der Waals surface area contributed by atoms with Crippen LogP contribution in [0.15, 0.2) is 84.9 Å². The standard InChI is InChI=1S/C26H18N2O/c29-15-17-14-23-21-11-5-6-12-24(21)28-26(23)25(27-17)22-13-16-7-1-2-8-18(16)19-9-3-4-10-20(19)22/h1-14,28-29H,15H2. The van der Waals surface area contributed by atoms with Crippen LogP contribution in [0.1, 0.15) is 5.69 Å². The second kappa shape index (κ2) is 6.16. The van der Waals surface area contributed by atoms with Gasteiger partial charge in [-0.1, -0.05) is 66.7 Å². The van der Waals surface area contributed by atoms with E-state index in [-0.39, 0.29) is 6.61 Å². The molecule has 6 rings (SSSR count). The van der Waals surface area contributed by atoms with Gasteiger partial charge in [0.15, 0.2) is 0 Å². The molecule has 0 saturated heterocycles. The monoisotopic (exact) mass is 374 g/mol. The highest BCUT2D eigenvalue weighted by atomic mass is 16.3. The van der Waals surface area contributed by atoms with Gasteiger partial charge in [0.2, 0.25) is 0 Å². The quantitative estimate of drug-likeness (QED) is 0.355. The fourth-order valence-corrected chi connectivity index (χ4v) is 4.42. The van der Waals surface area contributed by atoms with Crippen LogP contribution in [0.3, 0.4) is 0 Å². The normalized spacial score (nSPS) is 11.8. The number of nitrogens with zero attached hydrogens (tertiary/aromatic N) is 1. The minimum absolute atomic E-state index is 0.0893. The lowest BCUT2D eigenvalue weighted by atomic mass is 9.94. The number of nitrogens with one attached hydrogen (secondary N) is 1. The first-order valence-corrected chi connectivity index (χ1v) is 9.75. The lowest BCUT2D eigenvalue weighted by Gasteiger charge is -2.12. The number of hydrogen-bond acceptors (Lipinski definition) is 2. The van der Waals surface area contributed by atoms with Crippen molar-refractivity contribution in [3.63, 3.8) is 0 Å². The van der Waals surface area contributed by atoms with E-state index in [0.29, 0.717) is 5.69 Å². The van der Waals surface area contributed by atoms with Crippen molar-refractivity contribution in [2.24, 2.45) is 0 Å². The first-order chi connectivity index (χ1) is 14.3. The van der Waals surface area contributed by atoms with Gasteiger partial charge < -0.3 is 10.1 Å². The van der Waals surface area contributed by atoms with Crippen LogP contribution in [0.5, 0.6) is 0 Å². The Morgan fingerprint density at radius 3 is 2.21 bits per heavy atom. The first-order valence-electron chi connectivity index (χ1n) is 9.75. The zero-order valence-electron chi connectivity index (χ0n) is 15.7. The van der Waals surface area contributed by atoms with Gasteiger partial charge in [-0.15, -0.1) is 0 Å². The van der Waals surface area contributed by atoms with Crippen LogP contribution in [0.25, 0.3) is 54.6 Å². The van der Waals surface area contributed by atoms with Gasteiger partial charge in [0.1, 0.15) is 0 Å². The Labute approximate surface area is 167 Å². The van der Waals surface area contributed by atoms with Gasteiger partial charge >= 0.3 is 0 Å². The molecule has 3 nitrogen and oxygen atoms in total. The van der Waals surface area contributed by atoms with Crippen LogP contribution in [0.4, 0.5) is 0 Å². The predicted molar refractivity (Wildman–Crippen MR) is 120 cm³/mol. The van der Waals surface area contributed by atoms with E-state index in [1.54, 1.807) is 0 Å². The van der Waals surface area contributed by atoms with Crippen LogP contribution in [-0.4, -0.2) is 15.1 Å². The van der Waals surface area contributed by atoms with E-state index >= 15 is 0 Å². The minimum Gasteiger partial charge on any atom is -0.390 e. The van der Waals surface area contributed by atoms with Gasteiger partial charge in [-0.3, -0.25) is 0 Å². The molecule has 0 aliphatic carbocycles. The van der Waals surface area contributed by atoms with Gasteiger partial charge in [-0.25, -0.2) is 4.98 Å². The molecule has 0 spiro atoms. The molecule has 2 N–H and O–H groups in total. The maximum atomic E-state index is 9.89. The van der Waals surface area contributed by atoms with E-state index in [1.807, 2.05) is 18.2 Å². The molecule has 0 radical (unpaired) electrons. The Morgan fingerprint density at radius 1 is 0.690 bits per heavy atom.